The van der Waals surface area contributed by atoms with Gasteiger partial charge in [0.15, 0.2) is 0 Å². The van der Waals surface area contributed by atoms with Gasteiger partial charge in [0.2, 0.25) is 5.91 Å². The van der Waals surface area contributed by atoms with E-state index in [9.17, 15) is 4.79 Å². The molecule has 0 spiro atoms. The van der Waals surface area contributed by atoms with Crippen LogP contribution in [0.15, 0.2) is 0 Å². The Kier molecular flexibility index (Phi) is 6.49. The number of hydrogen-bond acceptors (Lipinski definition) is 3. The number of carbonyl (C=O) groups is 1. The van der Waals surface area contributed by atoms with E-state index in [0.717, 1.165) is 64.6 Å². The van der Waals surface area contributed by atoms with Crippen molar-refractivity contribution in [2.45, 2.75) is 40.0 Å². The molecule has 0 N–H and O–H groups in total. The first kappa shape index (κ1) is 16.8. The van der Waals surface area contributed by atoms with E-state index >= 15 is 0 Å². The normalized spacial score (nSPS) is 23.0. The minimum absolute atomic E-state index is 0.287. The smallest absolute Gasteiger partial charge is 0.225 e. The maximum absolute atomic E-state index is 12.6. The molecule has 4 heteroatoms. The Hall–Kier alpha value is -0.610. The molecule has 2 rings (SSSR count). The zero-order valence-corrected chi connectivity index (χ0v) is 14.2. The van der Waals surface area contributed by atoms with Gasteiger partial charge in [0.1, 0.15) is 0 Å². The second-order valence-electron chi connectivity index (χ2n) is 7.14. The third-order valence-corrected chi connectivity index (χ3v) is 4.78. The maximum atomic E-state index is 12.6. The molecule has 2 fully saturated rings. The summed E-state index contributed by atoms with van der Waals surface area (Å²) in [5.74, 6) is 1.43. The number of hydrogen-bond donors (Lipinski definition) is 0. The molecule has 21 heavy (non-hydrogen) atoms. The Morgan fingerprint density at radius 2 is 1.62 bits per heavy atom. The summed E-state index contributed by atoms with van der Waals surface area (Å²) in [4.78, 5) is 19.8. The number of amides is 1. The van der Waals surface area contributed by atoms with E-state index in [2.05, 4.69) is 35.5 Å². The number of nitrogens with zero attached hydrogens (tertiary/aromatic N) is 3. The molecule has 2 aliphatic rings. The van der Waals surface area contributed by atoms with Gasteiger partial charge >= 0.3 is 0 Å². The molecule has 0 atom stereocenters. The molecule has 0 aromatic heterocycles. The molecule has 0 aromatic carbocycles. The van der Waals surface area contributed by atoms with Crippen LogP contribution in [0, 0.1) is 11.8 Å². The molecule has 0 saturated carbocycles. The molecule has 0 unspecified atom stereocenters. The molecule has 0 aromatic rings. The second kappa shape index (κ2) is 8.14. The highest BCUT2D eigenvalue weighted by Gasteiger charge is 2.30. The first-order valence-electron chi connectivity index (χ1n) is 8.83. The first-order valence-corrected chi connectivity index (χ1v) is 8.83. The monoisotopic (exact) mass is 295 g/mol. The highest BCUT2D eigenvalue weighted by atomic mass is 16.2. The maximum Gasteiger partial charge on any atom is 0.225 e. The molecule has 4 nitrogen and oxygen atoms in total. The van der Waals surface area contributed by atoms with E-state index in [0.29, 0.717) is 5.91 Å². The van der Waals surface area contributed by atoms with Crippen molar-refractivity contribution in [3.8, 4) is 0 Å². The van der Waals surface area contributed by atoms with Gasteiger partial charge in [-0.05, 0) is 44.8 Å². The van der Waals surface area contributed by atoms with Crippen LogP contribution in [0.4, 0.5) is 0 Å². The fourth-order valence-electron chi connectivity index (χ4n) is 3.65. The van der Waals surface area contributed by atoms with Gasteiger partial charge in [-0.2, -0.15) is 0 Å². The Labute approximate surface area is 130 Å². The molecule has 1 amide bonds. The highest BCUT2D eigenvalue weighted by Crippen LogP contribution is 2.20. The third-order valence-electron chi connectivity index (χ3n) is 4.78. The Morgan fingerprint density at radius 3 is 2.14 bits per heavy atom. The SMILES string of the molecule is CCCN1CCC(C(=O)N2CCN(CC(C)C)CC2)CC1. The Balaban J connectivity index is 1.72. The van der Waals surface area contributed by atoms with Crippen molar-refractivity contribution in [2.75, 3.05) is 52.4 Å². The number of carbonyl (C=O) groups excluding carboxylic acids is 1. The topological polar surface area (TPSA) is 26.8 Å². The van der Waals surface area contributed by atoms with E-state index in [4.69, 9.17) is 0 Å². The molecule has 2 aliphatic heterocycles. The van der Waals surface area contributed by atoms with Crippen LogP contribution < -0.4 is 0 Å². The zero-order chi connectivity index (χ0) is 15.2. The lowest BCUT2D eigenvalue weighted by molar-refractivity contribution is -0.138. The van der Waals surface area contributed by atoms with E-state index in [1.54, 1.807) is 0 Å². The standard InChI is InChI=1S/C17H33N3O/c1-4-7-18-8-5-16(6-9-18)17(21)20-12-10-19(11-13-20)14-15(2)3/h15-16H,4-14H2,1-3H3. The quantitative estimate of drug-likeness (QED) is 0.775. The fourth-order valence-corrected chi connectivity index (χ4v) is 3.65. The molecule has 0 aliphatic carbocycles. The molecule has 2 saturated heterocycles. The molecule has 2 heterocycles. The van der Waals surface area contributed by atoms with Crippen molar-refractivity contribution in [1.29, 1.82) is 0 Å². The van der Waals surface area contributed by atoms with Gasteiger partial charge in [0.05, 0.1) is 0 Å². The van der Waals surface area contributed by atoms with Gasteiger partial charge in [-0.1, -0.05) is 20.8 Å². The lowest BCUT2D eigenvalue weighted by Crippen LogP contribution is -2.52. The number of piperazine rings is 1. The highest BCUT2D eigenvalue weighted by molar-refractivity contribution is 5.79. The van der Waals surface area contributed by atoms with Crippen molar-refractivity contribution in [3.05, 3.63) is 0 Å². The number of likely N-dealkylation sites (tertiary alicyclic amines) is 1. The average molecular weight is 295 g/mol. The summed E-state index contributed by atoms with van der Waals surface area (Å²) in [6.07, 6.45) is 3.34. The van der Waals surface area contributed by atoms with Gasteiger partial charge < -0.3 is 9.80 Å². The summed E-state index contributed by atoms with van der Waals surface area (Å²) in [6.45, 7) is 15.3. The van der Waals surface area contributed by atoms with Crippen molar-refractivity contribution >= 4 is 5.91 Å². The number of rotatable bonds is 5. The summed E-state index contributed by atoms with van der Waals surface area (Å²) in [6, 6.07) is 0. The van der Waals surface area contributed by atoms with Crippen LogP contribution in [-0.2, 0) is 4.79 Å². The summed E-state index contributed by atoms with van der Waals surface area (Å²) in [7, 11) is 0. The molecule has 0 bridgehead atoms. The summed E-state index contributed by atoms with van der Waals surface area (Å²) in [5, 5.41) is 0. The minimum Gasteiger partial charge on any atom is -0.340 e. The van der Waals surface area contributed by atoms with Crippen LogP contribution in [-0.4, -0.2) is 73.0 Å². The van der Waals surface area contributed by atoms with Gasteiger partial charge in [-0.3, -0.25) is 9.69 Å². The largest absolute Gasteiger partial charge is 0.340 e. The van der Waals surface area contributed by atoms with Crippen LogP contribution in [0.5, 0.6) is 0 Å². The predicted molar refractivity (Wildman–Crippen MR) is 87.3 cm³/mol. The summed E-state index contributed by atoms with van der Waals surface area (Å²) >= 11 is 0. The van der Waals surface area contributed by atoms with Crippen molar-refractivity contribution < 1.29 is 4.79 Å². The second-order valence-corrected chi connectivity index (χ2v) is 7.14. The van der Waals surface area contributed by atoms with Crippen LogP contribution >= 0.6 is 0 Å². The van der Waals surface area contributed by atoms with Crippen LogP contribution in [0.1, 0.15) is 40.0 Å². The summed E-state index contributed by atoms with van der Waals surface area (Å²) in [5.41, 5.74) is 0. The van der Waals surface area contributed by atoms with Crippen LogP contribution in [0.3, 0.4) is 0 Å². The predicted octanol–water partition coefficient (Wildman–Crippen LogP) is 1.91. The lowest BCUT2D eigenvalue weighted by Gasteiger charge is -2.39. The average Bonchev–Trinajstić information content (AvgIpc) is 2.48. The van der Waals surface area contributed by atoms with E-state index in [-0.39, 0.29) is 5.92 Å². The molecule has 0 radical (unpaired) electrons. The molecule has 122 valence electrons. The van der Waals surface area contributed by atoms with E-state index in [1.807, 2.05) is 0 Å². The van der Waals surface area contributed by atoms with Crippen molar-refractivity contribution in [1.82, 2.24) is 14.7 Å². The van der Waals surface area contributed by atoms with Gasteiger partial charge in [0.25, 0.3) is 0 Å². The number of piperidine rings is 1. The van der Waals surface area contributed by atoms with E-state index < -0.39 is 0 Å². The van der Waals surface area contributed by atoms with Gasteiger partial charge in [0, 0.05) is 38.6 Å². The Morgan fingerprint density at radius 1 is 1.00 bits per heavy atom. The summed E-state index contributed by atoms with van der Waals surface area (Å²) < 4.78 is 0. The zero-order valence-electron chi connectivity index (χ0n) is 14.2. The molecular formula is C17H33N3O. The van der Waals surface area contributed by atoms with E-state index in [1.165, 1.54) is 13.0 Å². The van der Waals surface area contributed by atoms with Gasteiger partial charge in [-0.15, -0.1) is 0 Å². The van der Waals surface area contributed by atoms with Crippen molar-refractivity contribution in [2.24, 2.45) is 11.8 Å². The fraction of sp³-hybridized carbons (Fsp3) is 0.941. The lowest BCUT2D eigenvalue weighted by atomic mass is 9.95. The minimum atomic E-state index is 0.287. The van der Waals surface area contributed by atoms with Gasteiger partial charge in [-0.25, -0.2) is 0 Å². The molecular weight excluding hydrogens is 262 g/mol. The first-order chi connectivity index (χ1) is 10.1. The van der Waals surface area contributed by atoms with Crippen molar-refractivity contribution in [3.63, 3.8) is 0 Å². The van der Waals surface area contributed by atoms with Crippen LogP contribution in [0.25, 0.3) is 0 Å². The Bertz CT molecular complexity index is 316. The third kappa shape index (κ3) is 4.96. The van der Waals surface area contributed by atoms with Crippen LogP contribution in [0.2, 0.25) is 0 Å².